The average molecular weight is 305 g/mol. The van der Waals surface area contributed by atoms with Crippen LogP contribution in [-0.4, -0.2) is 34.7 Å². The van der Waals surface area contributed by atoms with Crippen molar-refractivity contribution in [1.29, 1.82) is 0 Å². The third kappa shape index (κ3) is 5.42. The first-order valence-corrected chi connectivity index (χ1v) is 6.03. The van der Waals surface area contributed by atoms with Gasteiger partial charge < -0.3 is 15.5 Å². The number of carboxylic acids is 1. The minimum atomic E-state index is -4.45. The van der Waals surface area contributed by atoms with Crippen molar-refractivity contribution in [2.75, 3.05) is 6.61 Å². The Morgan fingerprint density at radius 2 is 1.76 bits per heavy atom. The van der Waals surface area contributed by atoms with Crippen molar-refractivity contribution in [3.63, 3.8) is 0 Å². The zero-order valence-electron chi connectivity index (χ0n) is 10.9. The molecule has 0 heterocycles. The van der Waals surface area contributed by atoms with Crippen LogP contribution in [-0.2, 0) is 22.2 Å². The van der Waals surface area contributed by atoms with Crippen LogP contribution in [0.25, 0.3) is 0 Å². The minimum Gasteiger partial charge on any atom is -0.480 e. The molecule has 0 aromatic heterocycles. The fraction of sp³-hybridized carbons (Fsp3) is 0.385. The number of hydrogen-bond donors (Lipinski definition) is 3. The predicted octanol–water partition coefficient (Wildman–Crippen LogP) is 1.20. The summed E-state index contributed by atoms with van der Waals surface area (Å²) in [6.07, 6.45) is -4.84. The maximum Gasteiger partial charge on any atom is 0.416 e. The van der Waals surface area contributed by atoms with Gasteiger partial charge in [-0.05, 0) is 17.7 Å². The Hall–Kier alpha value is -2.09. The van der Waals surface area contributed by atoms with Gasteiger partial charge in [-0.15, -0.1) is 0 Å². The zero-order valence-corrected chi connectivity index (χ0v) is 10.9. The monoisotopic (exact) mass is 305 g/mol. The number of carbonyl (C=O) groups excluding carboxylic acids is 1. The van der Waals surface area contributed by atoms with Crippen molar-refractivity contribution >= 4 is 11.9 Å². The van der Waals surface area contributed by atoms with E-state index in [1.54, 1.807) is 0 Å². The Kier molecular flexibility index (Phi) is 5.71. The van der Waals surface area contributed by atoms with Gasteiger partial charge in [0, 0.05) is 13.0 Å². The molecule has 1 aromatic rings. The molecule has 0 bridgehead atoms. The Bertz CT molecular complexity index is 499. The van der Waals surface area contributed by atoms with E-state index in [0.717, 1.165) is 24.3 Å². The number of halogens is 3. The summed E-state index contributed by atoms with van der Waals surface area (Å²) in [6, 6.07) is 2.79. The van der Waals surface area contributed by atoms with Gasteiger partial charge in [0.25, 0.3) is 0 Å². The van der Waals surface area contributed by atoms with E-state index in [4.69, 9.17) is 10.2 Å². The van der Waals surface area contributed by atoms with E-state index in [-0.39, 0.29) is 12.8 Å². The van der Waals surface area contributed by atoms with E-state index in [9.17, 15) is 22.8 Å². The van der Waals surface area contributed by atoms with Crippen LogP contribution < -0.4 is 5.32 Å². The summed E-state index contributed by atoms with van der Waals surface area (Å²) in [5, 5.41) is 19.7. The molecular weight excluding hydrogens is 291 g/mol. The first kappa shape index (κ1) is 17.0. The third-order valence-electron chi connectivity index (χ3n) is 2.70. The van der Waals surface area contributed by atoms with E-state index in [0.29, 0.717) is 5.56 Å². The second-order valence-corrected chi connectivity index (χ2v) is 4.34. The molecule has 1 atom stereocenters. The topological polar surface area (TPSA) is 86.6 Å². The molecule has 116 valence electrons. The summed E-state index contributed by atoms with van der Waals surface area (Å²) >= 11 is 0. The van der Waals surface area contributed by atoms with E-state index < -0.39 is 36.3 Å². The highest BCUT2D eigenvalue weighted by atomic mass is 19.4. The molecule has 1 rings (SSSR count). The van der Waals surface area contributed by atoms with Gasteiger partial charge in [0.15, 0.2) is 0 Å². The van der Waals surface area contributed by atoms with Crippen molar-refractivity contribution < 1.29 is 33.0 Å². The number of aliphatic hydroxyl groups excluding tert-OH is 1. The number of hydrogen-bond acceptors (Lipinski definition) is 3. The number of aliphatic carboxylic acids is 1. The largest absolute Gasteiger partial charge is 0.480 e. The average Bonchev–Trinajstić information content (AvgIpc) is 2.37. The molecule has 0 aliphatic carbocycles. The van der Waals surface area contributed by atoms with Gasteiger partial charge in [-0.2, -0.15) is 13.2 Å². The van der Waals surface area contributed by atoms with Crippen LogP contribution in [0.4, 0.5) is 13.2 Å². The number of rotatable bonds is 6. The molecule has 3 N–H and O–H groups in total. The first-order valence-electron chi connectivity index (χ1n) is 6.03. The number of carbonyl (C=O) groups is 2. The van der Waals surface area contributed by atoms with Gasteiger partial charge in [0.2, 0.25) is 5.91 Å². The van der Waals surface area contributed by atoms with Crippen LogP contribution in [0.5, 0.6) is 0 Å². The summed E-state index contributed by atoms with van der Waals surface area (Å²) in [7, 11) is 0. The van der Waals surface area contributed by atoms with E-state index >= 15 is 0 Å². The van der Waals surface area contributed by atoms with Gasteiger partial charge in [-0.1, -0.05) is 12.1 Å². The lowest BCUT2D eigenvalue weighted by atomic mass is 10.1. The minimum absolute atomic E-state index is 0.145. The van der Waals surface area contributed by atoms with Gasteiger partial charge in [0.05, 0.1) is 12.0 Å². The fourth-order valence-electron chi connectivity index (χ4n) is 1.63. The van der Waals surface area contributed by atoms with Crippen LogP contribution in [0.2, 0.25) is 0 Å². The van der Waals surface area contributed by atoms with E-state index in [1.165, 1.54) is 0 Å². The number of carboxylic acid groups (broad SMARTS) is 1. The number of alkyl halides is 3. The molecule has 1 amide bonds. The number of nitrogens with one attached hydrogen (secondary N) is 1. The lowest BCUT2D eigenvalue weighted by molar-refractivity contribution is -0.142. The molecule has 0 fully saturated rings. The molecule has 0 aliphatic rings. The summed E-state index contributed by atoms with van der Waals surface area (Å²) in [5.74, 6) is -1.93. The molecule has 8 heteroatoms. The predicted molar refractivity (Wildman–Crippen MR) is 66.4 cm³/mol. The number of amides is 1. The Labute approximate surface area is 118 Å². The molecule has 0 aliphatic heterocycles. The number of aliphatic hydroxyl groups is 1. The second-order valence-electron chi connectivity index (χ2n) is 4.34. The molecule has 5 nitrogen and oxygen atoms in total. The lowest BCUT2D eigenvalue weighted by Crippen LogP contribution is -2.42. The zero-order chi connectivity index (χ0) is 16.0. The van der Waals surface area contributed by atoms with Crippen LogP contribution in [0.3, 0.4) is 0 Å². The van der Waals surface area contributed by atoms with Crippen molar-refractivity contribution in [3.05, 3.63) is 35.4 Å². The van der Waals surface area contributed by atoms with E-state index in [1.807, 2.05) is 0 Å². The summed E-state index contributed by atoms with van der Waals surface area (Å²) in [6.45, 7) is -0.405. The van der Waals surface area contributed by atoms with Crippen LogP contribution in [0, 0.1) is 0 Å². The van der Waals surface area contributed by atoms with Crippen LogP contribution >= 0.6 is 0 Å². The maximum atomic E-state index is 12.4. The van der Waals surface area contributed by atoms with Gasteiger partial charge in [-0.25, -0.2) is 4.79 Å². The Morgan fingerprint density at radius 3 is 2.19 bits per heavy atom. The van der Waals surface area contributed by atoms with Gasteiger partial charge in [0.1, 0.15) is 6.04 Å². The molecule has 21 heavy (non-hydrogen) atoms. The molecular formula is C13H14F3NO4. The van der Waals surface area contributed by atoms with Crippen LogP contribution in [0.15, 0.2) is 24.3 Å². The normalized spacial score (nSPS) is 12.8. The second kappa shape index (κ2) is 7.07. The van der Waals surface area contributed by atoms with Gasteiger partial charge in [-0.3, -0.25) is 4.79 Å². The first-order chi connectivity index (χ1) is 9.74. The fourth-order valence-corrected chi connectivity index (χ4v) is 1.63. The van der Waals surface area contributed by atoms with Crippen molar-refractivity contribution in [3.8, 4) is 0 Å². The number of benzene rings is 1. The molecule has 0 spiro atoms. The lowest BCUT2D eigenvalue weighted by Gasteiger charge is -2.13. The van der Waals surface area contributed by atoms with Crippen LogP contribution in [0.1, 0.15) is 17.5 Å². The highest BCUT2D eigenvalue weighted by Gasteiger charge is 2.30. The Balaban J connectivity index is 2.64. The maximum absolute atomic E-state index is 12.4. The summed E-state index contributed by atoms with van der Waals surface area (Å²) in [5.41, 5.74) is -0.496. The standard InChI is InChI=1S/C13H14F3NO4/c14-13(15,16)9-3-1-8(2-4-9)7-11(19)17-10(5-6-18)12(20)21/h1-4,10,18H,5-7H2,(H,17,19)(H,20,21)/t10-/m0/s1. The SMILES string of the molecule is O=C(Cc1ccc(C(F)(F)F)cc1)N[C@@H](CCO)C(=O)O. The summed E-state index contributed by atoms with van der Waals surface area (Å²) in [4.78, 5) is 22.4. The highest BCUT2D eigenvalue weighted by Crippen LogP contribution is 2.29. The summed E-state index contributed by atoms with van der Waals surface area (Å²) < 4.78 is 37.1. The molecule has 0 unspecified atom stereocenters. The van der Waals surface area contributed by atoms with Crippen molar-refractivity contribution in [1.82, 2.24) is 5.32 Å². The molecule has 0 radical (unpaired) electrons. The Morgan fingerprint density at radius 1 is 1.19 bits per heavy atom. The van der Waals surface area contributed by atoms with E-state index in [2.05, 4.69) is 5.32 Å². The smallest absolute Gasteiger partial charge is 0.416 e. The van der Waals surface area contributed by atoms with Crippen molar-refractivity contribution in [2.45, 2.75) is 25.1 Å². The highest BCUT2D eigenvalue weighted by molar-refractivity contribution is 5.84. The van der Waals surface area contributed by atoms with Gasteiger partial charge >= 0.3 is 12.1 Å². The quantitative estimate of drug-likeness (QED) is 0.737. The van der Waals surface area contributed by atoms with Crippen molar-refractivity contribution in [2.24, 2.45) is 0 Å². The molecule has 0 saturated heterocycles. The third-order valence-corrected chi connectivity index (χ3v) is 2.70. The molecule has 0 saturated carbocycles. The molecule has 1 aromatic carbocycles.